The number of hydrogen-bond acceptors (Lipinski definition) is 7. The third kappa shape index (κ3) is 4.74. The van der Waals surface area contributed by atoms with E-state index in [0.29, 0.717) is 17.3 Å². The van der Waals surface area contributed by atoms with Crippen LogP contribution >= 0.6 is 0 Å². The second-order valence-electron chi connectivity index (χ2n) is 8.36. The molecule has 0 radical (unpaired) electrons. The van der Waals surface area contributed by atoms with Crippen molar-refractivity contribution in [3.63, 3.8) is 0 Å². The molecule has 8 heteroatoms. The highest BCUT2D eigenvalue weighted by Gasteiger charge is 2.24. The Bertz CT molecular complexity index is 1090. The zero-order valence-electron chi connectivity index (χ0n) is 17.8. The minimum atomic E-state index is -0.633. The number of carbonyl (C=O) groups is 1. The molecule has 5 N–H and O–H groups in total. The van der Waals surface area contributed by atoms with Crippen LogP contribution < -0.4 is 16.4 Å². The summed E-state index contributed by atoms with van der Waals surface area (Å²) in [7, 11) is 0. The number of aliphatic hydroxyl groups is 1. The van der Waals surface area contributed by atoms with Gasteiger partial charge >= 0.3 is 0 Å². The second-order valence-corrected chi connectivity index (χ2v) is 8.36. The summed E-state index contributed by atoms with van der Waals surface area (Å²) in [6.45, 7) is 4.02. The van der Waals surface area contributed by atoms with Crippen molar-refractivity contribution in [3.05, 3.63) is 47.9 Å². The molecule has 8 nitrogen and oxygen atoms in total. The van der Waals surface area contributed by atoms with Gasteiger partial charge in [-0.25, -0.2) is 9.97 Å². The maximum absolute atomic E-state index is 12.2. The number of pyridine rings is 1. The van der Waals surface area contributed by atoms with E-state index in [1.807, 2.05) is 44.2 Å². The number of carbonyl (C=O) groups excluding carboxylic acids is 1. The Morgan fingerprint density at radius 2 is 1.90 bits per heavy atom. The maximum atomic E-state index is 12.2. The van der Waals surface area contributed by atoms with Crippen molar-refractivity contribution < 1.29 is 9.90 Å². The zero-order valence-corrected chi connectivity index (χ0v) is 17.8. The number of anilines is 3. The Balaban J connectivity index is 1.69. The molecule has 0 atom stereocenters. The lowest BCUT2D eigenvalue weighted by Gasteiger charge is -2.28. The van der Waals surface area contributed by atoms with Crippen LogP contribution in [0.3, 0.4) is 0 Å². The minimum absolute atomic E-state index is 0.0584. The molecule has 162 valence electrons. The summed E-state index contributed by atoms with van der Waals surface area (Å²) in [5.74, 6) is 0.389. The Kier molecular flexibility index (Phi) is 5.99. The van der Waals surface area contributed by atoms with Crippen LogP contribution in [0.2, 0.25) is 0 Å². The van der Waals surface area contributed by atoms with Crippen molar-refractivity contribution in [2.24, 2.45) is 5.73 Å². The first-order valence-corrected chi connectivity index (χ1v) is 10.7. The molecule has 3 aromatic rings. The van der Waals surface area contributed by atoms with Crippen molar-refractivity contribution in [1.29, 1.82) is 0 Å². The fourth-order valence-electron chi connectivity index (χ4n) is 3.92. The van der Waals surface area contributed by atoms with E-state index in [-0.39, 0.29) is 23.8 Å². The lowest BCUT2D eigenvalue weighted by Crippen LogP contribution is -2.30. The number of benzene rings is 1. The molecule has 1 aliphatic carbocycles. The van der Waals surface area contributed by atoms with Gasteiger partial charge in [-0.3, -0.25) is 9.78 Å². The first-order valence-electron chi connectivity index (χ1n) is 10.7. The van der Waals surface area contributed by atoms with E-state index in [2.05, 4.69) is 20.6 Å². The maximum Gasteiger partial charge on any atom is 0.271 e. The van der Waals surface area contributed by atoms with Crippen LogP contribution in [-0.2, 0) is 0 Å². The van der Waals surface area contributed by atoms with Crippen molar-refractivity contribution in [2.45, 2.75) is 57.6 Å². The van der Waals surface area contributed by atoms with E-state index in [9.17, 15) is 9.90 Å². The lowest BCUT2D eigenvalue weighted by atomic mass is 9.93. The average Bonchev–Trinajstić information content (AvgIpc) is 2.75. The molecule has 0 aliphatic heterocycles. The van der Waals surface area contributed by atoms with E-state index in [1.54, 1.807) is 6.20 Å². The Labute approximate surface area is 181 Å². The molecule has 2 aromatic heterocycles. The fourth-order valence-corrected chi connectivity index (χ4v) is 3.92. The molecule has 1 fully saturated rings. The Hall–Kier alpha value is -3.26. The quantitative estimate of drug-likeness (QED) is 0.479. The smallest absolute Gasteiger partial charge is 0.271 e. The molecule has 2 heterocycles. The minimum Gasteiger partial charge on any atom is -0.393 e. The zero-order chi connectivity index (χ0) is 22.0. The van der Waals surface area contributed by atoms with Gasteiger partial charge in [0.1, 0.15) is 0 Å². The fraction of sp³-hybridized carbons (Fsp3) is 0.391. The number of nitrogens with zero attached hydrogens (tertiary/aromatic N) is 3. The van der Waals surface area contributed by atoms with Gasteiger partial charge in [0.25, 0.3) is 5.91 Å². The van der Waals surface area contributed by atoms with E-state index >= 15 is 0 Å². The molecule has 4 rings (SSSR count). The number of nitrogens with one attached hydrogen (secondary N) is 2. The number of amides is 1. The SMILES string of the molecule is CC(C)c1nc(C(N)=O)c(Nc2ccc3ncccc3c2)nc1NC1CCC(O)CC1. The van der Waals surface area contributed by atoms with Crippen LogP contribution in [0.15, 0.2) is 36.5 Å². The summed E-state index contributed by atoms with van der Waals surface area (Å²) in [4.78, 5) is 25.8. The summed E-state index contributed by atoms with van der Waals surface area (Å²) in [6, 6.07) is 9.79. The third-order valence-electron chi connectivity index (χ3n) is 5.61. The summed E-state index contributed by atoms with van der Waals surface area (Å²) in [5, 5.41) is 17.5. The normalized spacial score (nSPS) is 18.8. The molecular weight excluding hydrogens is 392 g/mol. The van der Waals surface area contributed by atoms with Gasteiger partial charge in [-0.1, -0.05) is 19.9 Å². The van der Waals surface area contributed by atoms with E-state index in [4.69, 9.17) is 10.7 Å². The van der Waals surface area contributed by atoms with Gasteiger partial charge in [-0.05, 0) is 55.9 Å². The van der Waals surface area contributed by atoms with E-state index in [1.165, 1.54) is 0 Å². The molecule has 0 saturated heterocycles. The molecule has 0 bridgehead atoms. The highest BCUT2D eigenvalue weighted by atomic mass is 16.3. The third-order valence-corrected chi connectivity index (χ3v) is 5.61. The first-order chi connectivity index (χ1) is 14.9. The van der Waals surface area contributed by atoms with Crippen LogP contribution in [0.5, 0.6) is 0 Å². The first kappa shape index (κ1) is 21.0. The molecular formula is C23H28N6O2. The Morgan fingerprint density at radius 3 is 2.61 bits per heavy atom. The monoisotopic (exact) mass is 420 g/mol. The van der Waals surface area contributed by atoms with Crippen molar-refractivity contribution in [3.8, 4) is 0 Å². The molecule has 31 heavy (non-hydrogen) atoms. The van der Waals surface area contributed by atoms with Crippen molar-refractivity contribution >= 4 is 34.1 Å². The van der Waals surface area contributed by atoms with Crippen LogP contribution in [0.1, 0.15) is 61.6 Å². The van der Waals surface area contributed by atoms with Crippen LogP contribution in [0.25, 0.3) is 10.9 Å². The van der Waals surface area contributed by atoms with Crippen LogP contribution in [0, 0.1) is 0 Å². The predicted molar refractivity (Wildman–Crippen MR) is 122 cm³/mol. The predicted octanol–water partition coefficient (Wildman–Crippen LogP) is 3.71. The molecule has 0 spiro atoms. The number of aromatic nitrogens is 3. The van der Waals surface area contributed by atoms with Gasteiger partial charge in [-0.2, -0.15) is 0 Å². The lowest BCUT2D eigenvalue weighted by molar-refractivity contribution is 0.0995. The van der Waals surface area contributed by atoms with E-state index < -0.39 is 5.91 Å². The van der Waals surface area contributed by atoms with Gasteiger partial charge in [0.05, 0.1) is 17.3 Å². The molecule has 1 aromatic carbocycles. The van der Waals surface area contributed by atoms with Gasteiger partial charge in [-0.15, -0.1) is 0 Å². The summed E-state index contributed by atoms with van der Waals surface area (Å²) < 4.78 is 0. The molecule has 1 saturated carbocycles. The molecule has 1 aliphatic rings. The number of nitrogens with two attached hydrogens (primary N) is 1. The topological polar surface area (TPSA) is 126 Å². The highest BCUT2D eigenvalue weighted by Crippen LogP contribution is 2.30. The van der Waals surface area contributed by atoms with Gasteiger partial charge in [0.15, 0.2) is 17.3 Å². The summed E-state index contributed by atoms with van der Waals surface area (Å²) in [5.41, 5.74) is 8.10. The van der Waals surface area contributed by atoms with Crippen LogP contribution in [0.4, 0.5) is 17.3 Å². The van der Waals surface area contributed by atoms with Gasteiger partial charge in [0.2, 0.25) is 0 Å². The van der Waals surface area contributed by atoms with Gasteiger partial charge in [0, 0.05) is 23.3 Å². The summed E-state index contributed by atoms with van der Waals surface area (Å²) >= 11 is 0. The second kappa shape index (κ2) is 8.85. The molecule has 0 unspecified atom stereocenters. The van der Waals surface area contributed by atoms with Crippen molar-refractivity contribution in [2.75, 3.05) is 10.6 Å². The number of aliphatic hydroxyl groups excluding tert-OH is 1. The van der Waals surface area contributed by atoms with Gasteiger partial charge < -0.3 is 21.5 Å². The standard InChI is InChI=1S/C23H28N6O2/c1-13(2)19-22(26-15-5-8-17(30)9-6-15)29-23(20(28-19)21(24)31)27-16-7-10-18-14(12-16)4-3-11-25-18/h3-4,7,10-13,15,17,30H,5-6,8-9H2,1-2H3,(H2,24,31)(H2,26,27,29). The molecule has 1 amide bonds. The summed E-state index contributed by atoms with van der Waals surface area (Å²) in [6.07, 6.45) is 4.76. The van der Waals surface area contributed by atoms with E-state index in [0.717, 1.165) is 42.3 Å². The van der Waals surface area contributed by atoms with Crippen molar-refractivity contribution in [1.82, 2.24) is 15.0 Å². The highest BCUT2D eigenvalue weighted by molar-refractivity contribution is 5.97. The largest absolute Gasteiger partial charge is 0.393 e. The van der Waals surface area contributed by atoms with Crippen LogP contribution in [-0.4, -0.2) is 38.1 Å². The number of primary amides is 1. The Morgan fingerprint density at radius 1 is 1.13 bits per heavy atom. The number of hydrogen-bond donors (Lipinski definition) is 4. The number of fused-ring (bicyclic) bond motifs is 1. The number of rotatable bonds is 6. The average molecular weight is 421 g/mol.